The van der Waals surface area contributed by atoms with Crippen molar-refractivity contribution in [3.05, 3.63) is 36.1 Å². The van der Waals surface area contributed by atoms with Crippen LogP contribution in [0.1, 0.15) is 44.1 Å². The zero-order valence-corrected chi connectivity index (χ0v) is 14.7. The molecule has 2 unspecified atom stereocenters. The van der Waals surface area contributed by atoms with E-state index in [9.17, 15) is 9.59 Å². The van der Waals surface area contributed by atoms with Gasteiger partial charge < -0.3 is 10.6 Å². The maximum absolute atomic E-state index is 12.5. The number of nitrogens with one attached hydrogen (secondary N) is 2. The standard InChI is InChI=1S/C19H26N4O2/c1-23-17(22-19(25)15-10-6-3-7-11-15)16(13-21-23)12-20-18(24)14-8-4-2-5-9-14/h2-4,6,13-15H,5,7-12H2,1H3,(H,20,24)(H,22,25). The highest BCUT2D eigenvalue weighted by atomic mass is 16.2. The first-order valence-corrected chi connectivity index (χ1v) is 9.04. The van der Waals surface area contributed by atoms with E-state index in [0.717, 1.165) is 44.1 Å². The largest absolute Gasteiger partial charge is 0.352 e. The molecule has 0 saturated carbocycles. The third-order valence-electron chi connectivity index (χ3n) is 4.99. The van der Waals surface area contributed by atoms with Crippen LogP contribution in [0.2, 0.25) is 0 Å². The first-order chi connectivity index (χ1) is 12.1. The summed E-state index contributed by atoms with van der Waals surface area (Å²) in [5.74, 6) is 0.828. The zero-order chi connectivity index (χ0) is 17.6. The number of hydrogen-bond donors (Lipinski definition) is 2. The van der Waals surface area contributed by atoms with Gasteiger partial charge in [0.1, 0.15) is 5.82 Å². The molecule has 2 aliphatic rings. The van der Waals surface area contributed by atoms with E-state index in [2.05, 4.69) is 40.0 Å². The number of aromatic nitrogens is 2. The summed E-state index contributed by atoms with van der Waals surface area (Å²) < 4.78 is 1.65. The summed E-state index contributed by atoms with van der Waals surface area (Å²) in [4.78, 5) is 24.8. The lowest BCUT2D eigenvalue weighted by Crippen LogP contribution is -2.31. The molecule has 3 rings (SSSR count). The number of carbonyl (C=O) groups excluding carboxylic acids is 2. The molecule has 0 fully saturated rings. The number of hydrogen-bond acceptors (Lipinski definition) is 3. The Hall–Kier alpha value is -2.37. The SMILES string of the molecule is Cn1ncc(CNC(=O)C2CC=CCC2)c1NC(=O)C1CC=CCC1. The summed E-state index contributed by atoms with van der Waals surface area (Å²) in [6, 6.07) is 0. The van der Waals surface area contributed by atoms with Gasteiger partial charge in [0.05, 0.1) is 6.20 Å². The fourth-order valence-electron chi connectivity index (χ4n) is 3.38. The smallest absolute Gasteiger partial charge is 0.228 e. The second-order valence-corrected chi connectivity index (χ2v) is 6.81. The molecule has 2 aliphatic carbocycles. The fourth-order valence-corrected chi connectivity index (χ4v) is 3.38. The minimum atomic E-state index is 0.0105. The number of nitrogens with zero attached hydrogens (tertiary/aromatic N) is 2. The van der Waals surface area contributed by atoms with E-state index in [-0.39, 0.29) is 23.7 Å². The predicted molar refractivity (Wildman–Crippen MR) is 96.6 cm³/mol. The molecular formula is C19H26N4O2. The normalized spacial score (nSPS) is 22.6. The minimum Gasteiger partial charge on any atom is -0.352 e. The lowest BCUT2D eigenvalue weighted by atomic mass is 9.93. The first kappa shape index (κ1) is 17.5. The average molecular weight is 342 g/mol. The van der Waals surface area contributed by atoms with Gasteiger partial charge in [-0.25, -0.2) is 0 Å². The third kappa shape index (κ3) is 4.38. The number of carbonyl (C=O) groups is 2. The van der Waals surface area contributed by atoms with Gasteiger partial charge in [-0.15, -0.1) is 0 Å². The van der Waals surface area contributed by atoms with Crippen molar-refractivity contribution in [1.82, 2.24) is 15.1 Å². The highest BCUT2D eigenvalue weighted by molar-refractivity contribution is 5.92. The molecule has 1 heterocycles. The van der Waals surface area contributed by atoms with Crippen LogP contribution in [0.25, 0.3) is 0 Å². The van der Waals surface area contributed by atoms with E-state index >= 15 is 0 Å². The van der Waals surface area contributed by atoms with Crippen molar-refractivity contribution < 1.29 is 9.59 Å². The Kier molecular flexibility index (Phi) is 5.68. The number of amides is 2. The second-order valence-electron chi connectivity index (χ2n) is 6.81. The van der Waals surface area contributed by atoms with Crippen LogP contribution >= 0.6 is 0 Å². The molecule has 0 aliphatic heterocycles. The van der Waals surface area contributed by atoms with E-state index in [1.807, 2.05) is 0 Å². The molecule has 6 heteroatoms. The van der Waals surface area contributed by atoms with E-state index in [4.69, 9.17) is 0 Å². The predicted octanol–water partition coefficient (Wildman–Crippen LogP) is 2.69. The third-order valence-corrected chi connectivity index (χ3v) is 4.99. The first-order valence-electron chi connectivity index (χ1n) is 9.04. The Labute approximate surface area is 148 Å². The Morgan fingerprint density at radius 3 is 2.32 bits per heavy atom. The van der Waals surface area contributed by atoms with Gasteiger partial charge in [0.15, 0.2) is 0 Å². The van der Waals surface area contributed by atoms with Crippen molar-refractivity contribution in [2.45, 2.75) is 45.1 Å². The lowest BCUT2D eigenvalue weighted by Gasteiger charge is -2.19. The molecule has 2 amide bonds. The molecule has 2 atom stereocenters. The molecular weight excluding hydrogens is 316 g/mol. The van der Waals surface area contributed by atoms with Crippen molar-refractivity contribution in [1.29, 1.82) is 0 Å². The van der Waals surface area contributed by atoms with E-state index in [0.29, 0.717) is 12.4 Å². The number of allylic oxidation sites excluding steroid dienone is 4. The molecule has 0 aromatic carbocycles. The van der Waals surface area contributed by atoms with Gasteiger partial charge in [-0.2, -0.15) is 5.10 Å². The Balaban J connectivity index is 1.59. The summed E-state index contributed by atoms with van der Waals surface area (Å²) >= 11 is 0. The molecule has 0 radical (unpaired) electrons. The molecule has 0 bridgehead atoms. The van der Waals surface area contributed by atoms with Crippen LogP contribution in [0, 0.1) is 11.8 Å². The lowest BCUT2D eigenvalue weighted by molar-refractivity contribution is -0.125. The van der Waals surface area contributed by atoms with Crippen LogP contribution in [0.5, 0.6) is 0 Å². The summed E-state index contributed by atoms with van der Waals surface area (Å²) in [5, 5.41) is 10.2. The molecule has 1 aromatic rings. The molecule has 0 saturated heterocycles. The molecule has 6 nitrogen and oxygen atoms in total. The van der Waals surface area contributed by atoms with Gasteiger partial charge >= 0.3 is 0 Å². The van der Waals surface area contributed by atoms with E-state index in [1.54, 1.807) is 17.9 Å². The van der Waals surface area contributed by atoms with Gasteiger partial charge in [-0.3, -0.25) is 14.3 Å². The van der Waals surface area contributed by atoms with Crippen LogP contribution < -0.4 is 10.6 Å². The zero-order valence-electron chi connectivity index (χ0n) is 14.7. The maximum Gasteiger partial charge on any atom is 0.228 e. The fraction of sp³-hybridized carbons (Fsp3) is 0.526. The van der Waals surface area contributed by atoms with Gasteiger partial charge in [0.2, 0.25) is 11.8 Å². The maximum atomic E-state index is 12.5. The summed E-state index contributed by atoms with van der Waals surface area (Å²) in [5.41, 5.74) is 0.835. The number of aryl methyl sites for hydroxylation is 1. The van der Waals surface area contributed by atoms with Crippen LogP contribution in [0.15, 0.2) is 30.5 Å². The summed E-state index contributed by atoms with van der Waals surface area (Å²) in [6.07, 6.45) is 15.4. The topological polar surface area (TPSA) is 76.0 Å². The summed E-state index contributed by atoms with van der Waals surface area (Å²) in [7, 11) is 1.80. The highest BCUT2D eigenvalue weighted by Crippen LogP contribution is 2.22. The molecule has 2 N–H and O–H groups in total. The van der Waals surface area contributed by atoms with Crippen molar-refractivity contribution in [2.75, 3.05) is 5.32 Å². The van der Waals surface area contributed by atoms with Crippen LogP contribution in [-0.4, -0.2) is 21.6 Å². The van der Waals surface area contributed by atoms with Gasteiger partial charge in [0.25, 0.3) is 0 Å². The quantitative estimate of drug-likeness (QED) is 0.808. The Morgan fingerprint density at radius 1 is 1.08 bits per heavy atom. The Bertz CT molecular complexity index is 690. The van der Waals surface area contributed by atoms with E-state index < -0.39 is 0 Å². The average Bonchev–Trinajstić information content (AvgIpc) is 3.01. The van der Waals surface area contributed by atoms with Gasteiger partial charge in [-0.1, -0.05) is 24.3 Å². The molecule has 25 heavy (non-hydrogen) atoms. The second kappa shape index (κ2) is 8.14. The van der Waals surface area contributed by atoms with Crippen LogP contribution in [0.4, 0.5) is 5.82 Å². The Morgan fingerprint density at radius 2 is 1.72 bits per heavy atom. The van der Waals surface area contributed by atoms with Gasteiger partial charge in [0, 0.05) is 31.0 Å². The van der Waals surface area contributed by atoms with Crippen LogP contribution in [0.3, 0.4) is 0 Å². The van der Waals surface area contributed by atoms with Gasteiger partial charge in [-0.05, 0) is 38.5 Å². The van der Waals surface area contributed by atoms with Crippen molar-refractivity contribution in [3.63, 3.8) is 0 Å². The molecule has 0 spiro atoms. The van der Waals surface area contributed by atoms with Crippen molar-refractivity contribution in [2.24, 2.45) is 18.9 Å². The van der Waals surface area contributed by atoms with Crippen molar-refractivity contribution in [3.8, 4) is 0 Å². The highest BCUT2D eigenvalue weighted by Gasteiger charge is 2.22. The molecule has 134 valence electrons. The molecule has 1 aromatic heterocycles. The van der Waals surface area contributed by atoms with Crippen LogP contribution in [-0.2, 0) is 23.2 Å². The summed E-state index contributed by atoms with van der Waals surface area (Å²) in [6.45, 7) is 0.382. The monoisotopic (exact) mass is 342 g/mol. The number of rotatable bonds is 5. The minimum absolute atomic E-state index is 0.0105. The van der Waals surface area contributed by atoms with Crippen molar-refractivity contribution >= 4 is 17.6 Å². The van der Waals surface area contributed by atoms with E-state index in [1.165, 1.54) is 0 Å². The number of anilines is 1.